The SMILES string of the molecule is CC#CCCC(NCCC)C1SCCSC1CC. The highest BCUT2D eigenvalue weighted by atomic mass is 32.2. The van der Waals surface area contributed by atoms with Crippen LogP contribution in [0.5, 0.6) is 0 Å². The summed E-state index contributed by atoms with van der Waals surface area (Å²) in [7, 11) is 0. The lowest BCUT2D eigenvalue weighted by molar-refractivity contribution is 0.458. The Hall–Kier alpha value is 0.220. The zero-order valence-electron chi connectivity index (χ0n) is 12.0. The van der Waals surface area contributed by atoms with Crippen LogP contribution in [0.15, 0.2) is 0 Å². The Morgan fingerprint density at radius 1 is 1.28 bits per heavy atom. The normalized spacial score (nSPS) is 25.3. The molecule has 0 saturated carbocycles. The van der Waals surface area contributed by atoms with Gasteiger partial charge in [-0.15, -0.1) is 11.8 Å². The molecule has 3 unspecified atom stereocenters. The summed E-state index contributed by atoms with van der Waals surface area (Å²) in [5.74, 6) is 8.88. The summed E-state index contributed by atoms with van der Waals surface area (Å²) in [4.78, 5) is 0. The molecule has 0 bridgehead atoms. The summed E-state index contributed by atoms with van der Waals surface area (Å²) in [6.07, 6.45) is 4.76. The molecule has 0 aromatic rings. The predicted octanol–water partition coefficient (Wildman–Crippen LogP) is 3.79. The standard InChI is InChI=1S/C15H27NS2/c1-4-7-8-9-13(16-10-5-2)15-14(6-3)17-11-12-18-15/h13-16H,5-6,8-12H2,1-3H3. The number of nitrogens with one attached hydrogen (secondary N) is 1. The van der Waals surface area contributed by atoms with Gasteiger partial charge in [-0.05, 0) is 32.7 Å². The zero-order chi connectivity index (χ0) is 13.2. The summed E-state index contributed by atoms with van der Waals surface area (Å²) in [6.45, 7) is 7.66. The van der Waals surface area contributed by atoms with Gasteiger partial charge in [-0.1, -0.05) is 13.8 Å². The van der Waals surface area contributed by atoms with E-state index in [0.717, 1.165) is 23.5 Å². The van der Waals surface area contributed by atoms with E-state index < -0.39 is 0 Å². The second-order valence-electron chi connectivity index (χ2n) is 4.68. The van der Waals surface area contributed by atoms with Crippen LogP contribution in [0.4, 0.5) is 0 Å². The third kappa shape index (κ3) is 5.47. The fraction of sp³-hybridized carbons (Fsp3) is 0.867. The highest BCUT2D eigenvalue weighted by Gasteiger charge is 2.31. The van der Waals surface area contributed by atoms with Gasteiger partial charge in [0.05, 0.1) is 0 Å². The molecule has 3 heteroatoms. The van der Waals surface area contributed by atoms with Crippen molar-refractivity contribution in [3.8, 4) is 11.8 Å². The largest absolute Gasteiger partial charge is 0.313 e. The van der Waals surface area contributed by atoms with Crippen molar-refractivity contribution in [1.82, 2.24) is 5.32 Å². The molecule has 0 radical (unpaired) electrons. The van der Waals surface area contributed by atoms with Crippen LogP contribution in [-0.2, 0) is 0 Å². The molecular weight excluding hydrogens is 258 g/mol. The zero-order valence-corrected chi connectivity index (χ0v) is 13.6. The lowest BCUT2D eigenvalue weighted by Crippen LogP contribution is -2.45. The van der Waals surface area contributed by atoms with Gasteiger partial charge in [0.2, 0.25) is 0 Å². The third-order valence-corrected chi connectivity index (χ3v) is 6.71. The second-order valence-corrected chi connectivity index (χ2v) is 7.31. The van der Waals surface area contributed by atoms with Crippen LogP contribution in [0.3, 0.4) is 0 Å². The van der Waals surface area contributed by atoms with Crippen molar-refractivity contribution in [3.05, 3.63) is 0 Å². The topological polar surface area (TPSA) is 12.0 Å². The fourth-order valence-corrected chi connectivity index (χ4v) is 5.68. The van der Waals surface area contributed by atoms with Crippen LogP contribution in [0.1, 0.15) is 46.5 Å². The molecule has 0 amide bonds. The van der Waals surface area contributed by atoms with Crippen LogP contribution in [0.2, 0.25) is 0 Å². The molecule has 1 N–H and O–H groups in total. The highest BCUT2D eigenvalue weighted by molar-refractivity contribution is 8.07. The van der Waals surface area contributed by atoms with Crippen molar-refractivity contribution in [2.45, 2.75) is 63.0 Å². The number of thioether (sulfide) groups is 2. The minimum atomic E-state index is 0.647. The summed E-state index contributed by atoms with van der Waals surface area (Å²) >= 11 is 4.36. The Balaban J connectivity index is 2.55. The van der Waals surface area contributed by atoms with Crippen LogP contribution in [0.25, 0.3) is 0 Å². The van der Waals surface area contributed by atoms with Crippen LogP contribution >= 0.6 is 23.5 Å². The number of rotatable bonds is 7. The van der Waals surface area contributed by atoms with Gasteiger partial charge >= 0.3 is 0 Å². The molecule has 0 spiro atoms. The molecule has 3 atom stereocenters. The summed E-state index contributed by atoms with van der Waals surface area (Å²) < 4.78 is 0. The Morgan fingerprint density at radius 2 is 2.06 bits per heavy atom. The van der Waals surface area contributed by atoms with E-state index in [-0.39, 0.29) is 0 Å². The molecule has 1 saturated heterocycles. The lowest BCUT2D eigenvalue weighted by atomic mass is 10.0. The first-order valence-corrected chi connectivity index (χ1v) is 9.29. The molecule has 0 aromatic carbocycles. The van der Waals surface area contributed by atoms with E-state index in [2.05, 4.69) is 54.5 Å². The monoisotopic (exact) mass is 285 g/mol. The van der Waals surface area contributed by atoms with Crippen molar-refractivity contribution in [2.24, 2.45) is 0 Å². The van der Waals surface area contributed by atoms with Crippen molar-refractivity contribution >= 4 is 23.5 Å². The molecule has 0 aliphatic carbocycles. The smallest absolute Gasteiger partial charge is 0.0320 e. The van der Waals surface area contributed by atoms with E-state index in [1.165, 1.54) is 30.8 Å². The number of hydrogen-bond acceptors (Lipinski definition) is 3. The average molecular weight is 286 g/mol. The fourth-order valence-electron chi connectivity index (χ4n) is 2.38. The second kappa shape index (κ2) is 10.1. The van der Waals surface area contributed by atoms with Gasteiger partial charge in [0.1, 0.15) is 0 Å². The van der Waals surface area contributed by atoms with Gasteiger partial charge < -0.3 is 5.32 Å². The Morgan fingerprint density at radius 3 is 2.72 bits per heavy atom. The Bertz CT molecular complexity index is 269. The Labute approximate surface area is 122 Å². The van der Waals surface area contributed by atoms with Crippen LogP contribution in [0, 0.1) is 11.8 Å². The Kier molecular flexibility index (Phi) is 9.10. The molecule has 1 fully saturated rings. The van der Waals surface area contributed by atoms with Gasteiger partial charge in [0, 0.05) is 34.5 Å². The van der Waals surface area contributed by atoms with Crippen molar-refractivity contribution < 1.29 is 0 Å². The van der Waals surface area contributed by atoms with E-state index in [1.807, 2.05) is 6.92 Å². The quantitative estimate of drug-likeness (QED) is 0.715. The molecule has 1 aliphatic heterocycles. The van der Waals surface area contributed by atoms with Gasteiger partial charge in [-0.3, -0.25) is 0 Å². The first-order valence-electron chi connectivity index (χ1n) is 7.19. The molecular formula is C15H27NS2. The summed E-state index contributed by atoms with van der Waals surface area (Å²) in [5, 5.41) is 5.36. The molecule has 104 valence electrons. The van der Waals surface area contributed by atoms with E-state index in [0.29, 0.717) is 6.04 Å². The molecule has 1 rings (SSSR count). The van der Waals surface area contributed by atoms with Gasteiger partial charge in [0.25, 0.3) is 0 Å². The maximum Gasteiger partial charge on any atom is 0.0320 e. The predicted molar refractivity (Wildman–Crippen MR) is 87.5 cm³/mol. The van der Waals surface area contributed by atoms with E-state index in [9.17, 15) is 0 Å². The first-order chi connectivity index (χ1) is 8.83. The van der Waals surface area contributed by atoms with Crippen LogP contribution < -0.4 is 5.32 Å². The van der Waals surface area contributed by atoms with Gasteiger partial charge in [-0.25, -0.2) is 0 Å². The van der Waals surface area contributed by atoms with Crippen molar-refractivity contribution in [1.29, 1.82) is 0 Å². The highest BCUT2D eigenvalue weighted by Crippen LogP contribution is 2.36. The minimum absolute atomic E-state index is 0.647. The lowest BCUT2D eigenvalue weighted by Gasteiger charge is -2.36. The first kappa shape index (κ1) is 16.3. The van der Waals surface area contributed by atoms with Crippen LogP contribution in [-0.4, -0.2) is 34.6 Å². The molecule has 1 heterocycles. The maximum absolute atomic E-state index is 3.76. The van der Waals surface area contributed by atoms with E-state index >= 15 is 0 Å². The molecule has 18 heavy (non-hydrogen) atoms. The maximum atomic E-state index is 3.76. The minimum Gasteiger partial charge on any atom is -0.313 e. The van der Waals surface area contributed by atoms with Gasteiger partial charge in [-0.2, -0.15) is 23.5 Å². The molecule has 0 aromatic heterocycles. The third-order valence-electron chi connectivity index (χ3n) is 3.30. The molecule has 1 aliphatic rings. The van der Waals surface area contributed by atoms with E-state index in [4.69, 9.17) is 0 Å². The summed E-state index contributed by atoms with van der Waals surface area (Å²) in [5.41, 5.74) is 0. The van der Waals surface area contributed by atoms with Crippen molar-refractivity contribution in [2.75, 3.05) is 18.1 Å². The van der Waals surface area contributed by atoms with E-state index in [1.54, 1.807) is 0 Å². The molecule has 1 nitrogen and oxygen atoms in total. The van der Waals surface area contributed by atoms with Crippen molar-refractivity contribution in [3.63, 3.8) is 0 Å². The van der Waals surface area contributed by atoms with Gasteiger partial charge in [0.15, 0.2) is 0 Å². The average Bonchev–Trinajstić information content (AvgIpc) is 2.42. The number of hydrogen-bond donors (Lipinski definition) is 1. The summed E-state index contributed by atoms with van der Waals surface area (Å²) in [6, 6.07) is 0.647.